The van der Waals surface area contributed by atoms with E-state index in [0.717, 1.165) is 16.7 Å². The molecule has 1 amide bonds. The maximum Gasteiger partial charge on any atom is 0.250 e. The quantitative estimate of drug-likeness (QED) is 0.621. The number of likely N-dealkylation sites (N-methyl/N-ethyl adjacent to an activating group) is 1. The van der Waals surface area contributed by atoms with E-state index in [4.69, 9.17) is 9.47 Å². The average molecular weight is 473 g/mol. The van der Waals surface area contributed by atoms with Gasteiger partial charge in [-0.05, 0) is 54.9 Å². The first kappa shape index (κ1) is 21.8. The lowest BCUT2D eigenvalue weighted by Gasteiger charge is -2.43. The van der Waals surface area contributed by atoms with E-state index in [9.17, 15) is 14.0 Å². The third kappa shape index (κ3) is 2.56. The van der Waals surface area contributed by atoms with Gasteiger partial charge in [0.2, 0.25) is 0 Å². The lowest BCUT2D eigenvalue weighted by atomic mass is 9.59. The molecular formula is C28H25FN2O4. The number of rotatable bonds is 3. The molecule has 1 fully saturated rings. The highest BCUT2D eigenvalue weighted by Gasteiger charge is 2.75. The van der Waals surface area contributed by atoms with Crippen molar-refractivity contribution >= 4 is 17.4 Å². The Hall–Kier alpha value is -3.71. The Labute approximate surface area is 202 Å². The minimum Gasteiger partial charge on any atom is -0.493 e. The van der Waals surface area contributed by atoms with E-state index in [1.165, 1.54) is 19.2 Å². The Morgan fingerprint density at radius 3 is 2.40 bits per heavy atom. The average Bonchev–Trinajstić information content (AvgIpc) is 3.43. The van der Waals surface area contributed by atoms with E-state index in [2.05, 4.69) is 5.32 Å². The Morgan fingerprint density at radius 2 is 1.69 bits per heavy atom. The first-order chi connectivity index (χ1) is 16.9. The van der Waals surface area contributed by atoms with Crippen molar-refractivity contribution in [2.75, 3.05) is 33.1 Å². The van der Waals surface area contributed by atoms with Crippen molar-refractivity contribution in [1.29, 1.82) is 0 Å². The summed E-state index contributed by atoms with van der Waals surface area (Å²) in [5, 5.41) is 3.04. The summed E-state index contributed by atoms with van der Waals surface area (Å²) in [6.07, 6.45) is 0.343. The van der Waals surface area contributed by atoms with Crippen LogP contribution in [0.3, 0.4) is 0 Å². The maximum atomic E-state index is 14.6. The molecule has 0 radical (unpaired) electrons. The predicted octanol–water partition coefficient (Wildman–Crippen LogP) is 4.14. The van der Waals surface area contributed by atoms with E-state index in [-0.39, 0.29) is 23.4 Å². The number of halogens is 1. The van der Waals surface area contributed by atoms with Crippen molar-refractivity contribution in [3.05, 3.63) is 88.7 Å². The molecule has 3 aromatic carbocycles. The van der Waals surface area contributed by atoms with Crippen LogP contribution < -0.4 is 14.8 Å². The monoisotopic (exact) mass is 472 g/mol. The number of fused-ring (bicyclic) bond motifs is 4. The number of ether oxygens (including phenoxy) is 2. The molecule has 3 aliphatic rings. The van der Waals surface area contributed by atoms with E-state index in [0.29, 0.717) is 35.7 Å². The first-order valence-electron chi connectivity index (χ1n) is 11.6. The molecule has 1 N–H and O–H groups in total. The Bertz CT molecular complexity index is 1390. The number of anilines is 1. The number of hydrogen-bond donors (Lipinski definition) is 1. The fraction of sp³-hybridized carbons (Fsp3) is 0.286. The molecule has 2 heterocycles. The van der Waals surface area contributed by atoms with Gasteiger partial charge in [0, 0.05) is 29.3 Å². The van der Waals surface area contributed by atoms with Gasteiger partial charge in [0.05, 0.1) is 19.6 Å². The summed E-state index contributed by atoms with van der Waals surface area (Å²) < 4.78 is 24.9. The van der Waals surface area contributed by atoms with Gasteiger partial charge in [0.25, 0.3) is 5.91 Å². The zero-order valence-corrected chi connectivity index (χ0v) is 19.7. The molecule has 7 heteroatoms. The predicted molar refractivity (Wildman–Crippen MR) is 129 cm³/mol. The Balaban J connectivity index is 1.65. The minimum atomic E-state index is -1.22. The van der Waals surface area contributed by atoms with Crippen molar-refractivity contribution in [2.24, 2.45) is 5.41 Å². The number of hydrogen-bond acceptors (Lipinski definition) is 5. The zero-order chi connectivity index (χ0) is 24.5. The molecule has 1 aliphatic carbocycles. The van der Waals surface area contributed by atoms with Gasteiger partial charge >= 0.3 is 0 Å². The molecule has 2 aliphatic heterocycles. The van der Waals surface area contributed by atoms with Crippen molar-refractivity contribution in [1.82, 2.24) is 4.90 Å². The summed E-state index contributed by atoms with van der Waals surface area (Å²) >= 11 is 0. The number of ketones is 1. The fourth-order valence-corrected chi connectivity index (χ4v) is 6.78. The normalized spacial score (nSPS) is 26.8. The SMILES string of the molecule is COc1cc2c(cc1OC)C(=O)C1(C2)C(c2ccc(F)cc2)CN(C)C12C(=O)Nc1ccccc12. The molecule has 6 rings (SSSR count). The van der Waals surface area contributed by atoms with Crippen molar-refractivity contribution in [3.8, 4) is 11.5 Å². The topological polar surface area (TPSA) is 67.9 Å². The van der Waals surface area contributed by atoms with Crippen LogP contribution in [0.15, 0.2) is 60.7 Å². The van der Waals surface area contributed by atoms with E-state index in [1.54, 1.807) is 25.3 Å². The largest absolute Gasteiger partial charge is 0.493 e. The summed E-state index contributed by atoms with van der Waals surface area (Å²) in [5.74, 6) is -0.0205. The summed E-state index contributed by atoms with van der Waals surface area (Å²) in [5.41, 5.74) is 1.30. The molecule has 178 valence electrons. The lowest BCUT2D eigenvalue weighted by molar-refractivity contribution is -0.130. The van der Waals surface area contributed by atoms with Crippen molar-refractivity contribution in [2.45, 2.75) is 17.9 Å². The molecule has 3 unspecified atom stereocenters. The van der Waals surface area contributed by atoms with Gasteiger partial charge in [-0.15, -0.1) is 0 Å². The number of amides is 1. The molecule has 3 aromatic rings. The molecule has 35 heavy (non-hydrogen) atoms. The third-order valence-corrected chi connectivity index (χ3v) is 8.16. The van der Waals surface area contributed by atoms with E-state index in [1.807, 2.05) is 42.3 Å². The highest BCUT2D eigenvalue weighted by atomic mass is 19.1. The highest BCUT2D eigenvalue weighted by Crippen LogP contribution is 2.66. The van der Waals surface area contributed by atoms with Crippen LogP contribution in [0.5, 0.6) is 11.5 Å². The maximum absolute atomic E-state index is 14.6. The number of carbonyl (C=O) groups is 2. The van der Waals surface area contributed by atoms with Crippen LogP contribution in [0.2, 0.25) is 0 Å². The van der Waals surface area contributed by atoms with Crippen LogP contribution >= 0.6 is 0 Å². The van der Waals surface area contributed by atoms with Crippen LogP contribution in [0.1, 0.15) is 33.0 Å². The summed E-state index contributed by atoms with van der Waals surface area (Å²) in [7, 11) is 4.99. The minimum absolute atomic E-state index is 0.112. The van der Waals surface area contributed by atoms with Gasteiger partial charge < -0.3 is 14.8 Å². The second-order valence-corrected chi connectivity index (χ2v) is 9.54. The van der Waals surface area contributed by atoms with Gasteiger partial charge in [-0.3, -0.25) is 14.5 Å². The van der Waals surface area contributed by atoms with E-state index >= 15 is 0 Å². The zero-order valence-electron chi connectivity index (χ0n) is 19.7. The second kappa shape index (κ2) is 7.39. The Morgan fingerprint density at radius 1 is 1.00 bits per heavy atom. The number of nitrogens with one attached hydrogen (secondary N) is 1. The summed E-state index contributed by atoms with van der Waals surface area (Å²) in [4.78, 5) is 30.6. The van der Waals surface area contributed by atoms with Gasteiger partial charge in [-0.1, -0.05) is 30.3 Å². The van der Waals surface area contributed by atoms with Crippen LogP contribution in [0.4, 0.5) is 10.1 Å². The van der Waals surface area contributed by atoms with Crippen LogP contribution in [-0.2, 0) is 16.8 Å². The number of methoxy groups -OCH3 is 2. The first-order valence-corrected chi connectivity index (χ1v) is 11.6. The molecule has 0 aromatic heterocycles. The fourth-order valence-electron chi connectivity index (χ4n) is 6.78. The molecule has 0 bridgehead atoms. The van der Waals surface area contributed by atoms with Gasteiger partial charge in [-0.2, -0.15) is 0 Å². The van der Waals surface area contributed by atoms with Crippen LogP contribution in [0.25, 0.3) is 0 Å². The number of benzene rings is 3. The number of carbonyl (C=O) groups excluding carboxylic acids is 2. The molecule has 1 saturated heterocycles. The second-order valence-electron chi connectivity index (χ2n) is 9.54. The van der Waals surface area contributed by atoms with Gasteiger partial charge in [0.1, 0.15) is 11.4 Å². The summed E-state index contributed by atoms with van der Waals surface area (Å²) in [6, 6.07) is 17.4. The molecular weight excluding hydrogens is 447 g/mol. The standard InChI is InChI=1S/C28H25FN2O4/c1-31-15-21(16-8-10-18(29)11-9-16)27(28(31)20-6-4-5-7-22(20)30-26(28)33)14-17-12-23(34-2)24(35-3)13-19(17)25(27)32/h4-13,21H,14-15H2,1-3H3,(H,30,33). The van der Waals surface area contributed by atoms with Crippen molar-refractivity contribution < 1.29 is 23.5 Å². The molecule has 6 nitrogen and oxygen atoms in total. The molecule has 2 spiro atoms. The van der Waals surface area contributed by atoms with Crippen LogP contribution in [0, 0.1) is 11.2 Å². The number of likely N-dealkylation sites (tertiary alicyclic amines) is 1. The van der Waals surface area contributed by atoms with Crippen molar-refractivity contribution in [3.63, 3.8) is 0 Å². The lowest BCUT2D eigenvalue weighted by Crippen LogP contribution is -2.58. The molecule has 3 atom stereocenters. The van der Waals surface area contributed by atoms with Crippen LogP contribution in [-0.4, -0.2) is 44.4 Å². The third-order valence-electron chi connectivity index (χ3n) is 8.16. The number of para-hydroxylation sites is 1. The smallest absolute Gasteiger partial charge is 0.250 e. The number of nitrogens with zero attached hydrogens (tertiary/aromatic N) is 1. The Kier molecular flexibility index (Phi) is 4.60. The van der Waals surface area contributed by atoms with Gasteiger partial charge in [-0.25, -0.2) is 4.39 Å². The molecule has 0 saturated carbocycles. The summed E-state index contributed by atoms with van der Waals surface area (Å²) in [6.45, 7) is 0.460. The highest BCUT2D eigenvalue weighted by molar-refractivity contribution is 6.16. The number of Topliss-reactive ketones (excluding diaryl/α,β-unsaturated/α-hetero) is 1. The van der Waals surface area contributed by atoms with Gasteiger partial charge in [0.15, 0.2) is 17.3 Å². The van der Waals surface area contributed by atoms with E-state index < -0.39 is 11.0 Å².